The minimum absolute atomic E-state index is 0.0792. The molecule has 2 aromatic heterocycles. The van der Waals surface area contributed by atoms with Crippen molar-refractivity contribution in [2.24, 2.45) is 0 Å². The van der Waals surface area contributed by atoms with Gasteiger partial charge in [-0.05, 0) is 43.5 Å². The van der Waals surface area contributed by atoms with E-state index in [4.69, 9.17) is 9.47 Å². The molecule has 0 spiro atoms. The molecule has 6 heteroatoms. The van der Waals surface area contributed by atoms with Crippen molar-refractivity contribution < 1.29 is 9.47 Å². The van der Waals surface area contributed by atoms with Gasteiger partial charge in [0.15, 0.2) is 6.29 Å². The van der Waals surface area contributed by atoms with Crippen LogP contribution in [0.1, 0.15) is 24.8 Å². The second-order valence-electron chi connectivity index (χ2n) is 5.42. The van der Waals surface area contributed by atoms with E-state index in [1.165, 1.54) is 11.8 Å². The SMILES string of the molecule is N#Cc1ccc(-c2cccnc2)nc1SCCOC1CCCCO1. The summed E-state index contributed by atoms with van der Waals surface area (Å²) in [5, 5.41) is 10.0. The first kappa shape index (κ1) is 16.9. The molecule has 0 bridgehead atoms. The third kappa shape index (κ3) is 4.54. The molecule has 0 radical (unpaired) electrons. The Labute approximate surface area is 146 Å². The van der Waals surface area contributed by atoms with Gasteiger partial charge in [0, 0.05) is 30.3 Å². The minimum Gasteiger partial charge on any atom is -0.353 e. The van der Waals surface area contributed by atoms with Crippen molar-refractivity contribution in [3.8, 4) is 17.3 Å². The van der Waals surface area contributed by atoms with E-state index in [9.17, 15) is 5.26 Å². The lowest BCUT2D eigenvalue weighted by molar-refractivity contribution is -0.158. The molecule has 24 heavy (non-hydrogen) atoms. The summed E-state index contributed by atoms with van der Waals surface area (Å²) in [7, 11) is 0. The second-order valence-corrected chi connectivity index (χ2v) is 6.50. The maximum absolute atomic E-state index is 9.27. The van der Waals surface area contributed by atoms with Gasteiger partial charge in [0.25, 0.3) is 0 Å². The molecule has 1 aliphatic heterocycles. The Morgan fingerprint density at radius 3 is 3.04 bits per heavy atom. The van der Waals surface area contributed by atoms with Gasteiger partial charge in [-0.3, -0.25) is 4.98 Å². The van der Waals surface area contributed by atoms with Crippen molar-refractivity contribution in [1.29, 1.82) is 5.26 Å². The highest BCUT2D eigenvalue weighted by atomic mass is 32.2. The predicted molar refractivity (Wildman–Crippen MR) is 92.5 cm³/mol. The van der Waals surface area contributed by atoms with Crippen molar-refractivity contribution in [3.05, 3.63) is 42.2 Å². The van der Waals surface area contributed by atoms with E-state index < -0.39 is 0 Å². The second kappa shape index (κ2) is 8.78. The molecule has 124 valence electrons. The quantitative estimate of drug-likeness (QED) is 0.590. The summed E-state index contributed by atoms with van der Waals surface area (Å²) in [5.41, 5.74) is 2.35. The molecule has 3 heterocycles. The van der Waals surface area contributed by atoms with Gasteiger partial charge >= 0.3 is 0 Å². The van der Waals surface area contributed by atoms with E-state index in [1.54, 1.807) is 12.4 Å². The zero-order valence-corrected chi connectivity index (χ0v) is 14.2. The zero-order chi connectivity index (χ0) is 16.6. The fourth-order valence-corrected chi connectivity index (χ4v) is 3.28. The van der Waals surface area contributed by atoms with Gasteiger partial charge in [0.2, 0.25) is 0 Å². The van der Waals surface area contributed by atoms with Crippen molar-refractivity contribution in [2.45, 2.75) is 30.6 Å². The third-order valence-corrected chi connectivity index (χ3v) is 4.66. The number of nitrogens with zero attached hydrogens (tertiary/aromatic N) is 3. The normalized spacial score (nSPS) is 17.4. The number of pyridine rings is 2. The maximum Gasteiger partial charge on any atom is 0.157 e. The largest absolute Gasteiger partial charge is 0.353 e. The van der Waals surface area contributed by atoms with Gasteiger partial charge in [-0.2, -0.15) is 5.26 Å². The average Bonchev–Trinajstić information content (AvgIpc) is 2.66. The highest BCUT2D eigenvalue weighted by Crippen LogP contribution is 2.25. The van der Waals surface area contributed by atoms with E-state index in [-0.39, 0.29) is 6.29 Å². The fraction of sp³-hybridized carbons (Fsp3) is 0.389. The molecule has 0 aliphatic carbocycles. The van der Waals surface area contributed by atoms with Gasteiger partial charge in [-0.25, -0.2) is 4.98 Å². The summed E-state index contributed by atoms with van der Waals surface area (Å²) >= 11 is 1.53. The van der Waals surface area contributed by atoms with Crippen LogP contribution in [0.25, 0.3) is 11.3 Å². The Hall–Kier alpha value is -1.94. The number of thioether (sulfide) groups is 1. The Kier molecular flexibility index (Phi) is 6.19. The number of ether oxygens (including phenoxy) is 2. The first-order valence-corrected chi connectivity index (χ1v) is 9.03. The lowest BCUT2D eigenvalue weighted by atomic mass is 10.2. The molecule has 0 amide bonds. The Morgan fingerprint density at radius 2 is 2.29 bits per heavy atom. The number of aromatic nitrogens is 2. The molecule has 1 saturated heterocycles. The molecule has 0 aromatic carbocycles. The highest BCUT2D eigenvalue weighted by molar-refractivity contribution is 7.99. The van der Waals surface area contributed by atoms with Gasteiger partial charge in [0.05, 0.1) is 17.9 Å². The van der Waals surface area contributed by atoms with Crippen molar-refractivity contribution in [3.63, 3.8) is 0 Å². The van der Waals surface area contributed by atoms with E-state index >= 15 is 0 Å². The molecule has 1 unspecified atom stereocenters. The van der Waals surface area contributed by atoms with Crippen LogP contribution >= 0.6 is 11.8 Å². The molecule has 0 N–H and O–H groups in total. The minimum atomic E-state index is -0.0792. The lowest BCUT2D eigenvalue weighted by Gasteiger charge is -2.22. The van der Waals surface area contributed by atoms with Crippen molar-refractivity contribution >= 4 is 11.8 Å². The number of hydrogen-bond donors (Lipinski definition) is 0. The molecule has 1 fully saturated rings. The average molecular weight is 341 g/mol. The van der Waals surface area contributed by atoms with Crippen LogP contribution in [-0.2, 0) is 9.47 Å². The predicted octanol–water partition coefficient (Wildman–Crippen LogP) is 3.65. The van der Waals surface area contributed by atoms with Gasteiger partial charge in [-0.15, -0.1) is 11.8 Å². The van der Waals surface area contributed by atoms with Crippen LogP contribution < -0.4 is 0 Å². The molecule has 3 rings (SSSR count). The maximum atomic E-state index is 9.27. The van der Waals surface area contributed by atoms with Gasteiger partial charge in [0.1, 0.15) is 11.1 Å². The van der Waals surface area contributed by atoms with Gasteiger partial charge in [-0.1, -0.05) is 0 Å². The standard InChI is InChI=1S/C18H19N3O2S/c19-12-14-6-7-16(15-4-3-8-20-13-15)21-18(14)24-11-10-23-17-5-1-2-9-22-17/h3-4,6-8,13,17H,1-2,5,9-11H2. The smallest absolute Gasteiger partial charge is 0.157 e. The molecule has 1 atom stereocenters. The lowest BCUT2D eigenvalue weighted by Crippen LogP contribution is -2.23. The van der Waals surface area contributed by atoms with E-state index in [2.05, 4.69) is 16.0 Å². The van der Waals surface area contributed by atoms with E-state index in [1.807, 2.05) is 24.3 Å². The van der Waals surface area contributed by atoms with Crippen molar-refractivity contribution in [2.75, 3.05) is 19.0 Å². The summed E-state index contributed by atoms with van der Waals surface area (Å²) in [6.07, 6.45) is 6.66. The van der Waals surface area contributed by atoms with Crippen LogP contribution in [-0.4, -0.2) is 35.2 Å². The summed E-state index contributed by atoms with van der Waals surface area (Å²) in [4.78, 5) is 8.73. The molecular weight excluding hydrogens is 322 g/mol. The number of rotatable bonds is 6. The van der Waals surface area contributed by atoms with Crippen LogP contribution in [0.4, 0.5) is 0 Å². The Morgan fingerprint density at radius 1 is 1.33 bits per heavy atom. The third-order valence-electron chi connectivity index (χ3n) is 3.70. The van der Waals surface area contributed by atoms with E-state index in [0.29, 0.717) is 12.2 Å². The molecule has 0 saturated carbocycles. The zero-order valence-electron chi connectivity index (χ0n) is 13.4. The molecular formula is C18H19N3O2S. The monoisotopic (exact) mass is 341 g/mol. The summed E-state index contributed by atoms with van der Waals surface area (Å²) in [6.45, 7) is 1.37. The summed E-state index contributed by atoms with van der Waals surface area (Å²) in [5.74, 6) is 0.734. The summed E-state index contributed by atoms with van der Waals surface area (Å²) in [6, 6.07) is 9.69. The van der Waals surface area contributed by atoms with Crippen LogP contribution in [0, 0.1) is 11.3 Å². The van der Waals surface area contributed by atoms with Crippen LogP contribution in [0.5, 0.6) is 0 Å². The molecule has 1 aliphatic rings. The first-order chi connectivity index (χ1) is 11.9. The van der Waals surface area contributed by atoms with E-state index in [0.717, 1.165) is 47.9 Å². The topological polar surface area (TPSA) is 68.0 Å². The molecule has 5 nitrogen and oxygen atoms in total. The highest BCUT2D eigenvalue weighted by Gasteiger charge is 2.14. The Balaban J connectivity index is 1.60. The Bertz CT molecular complexity index is 697. The van der Waals surface area contributed by atoms with Crippen LogP contribution in [0.2, 0.25) is 0 Å². The number of nitriles is 1. The first-order valence-electron chi connectivity index (χ1n) is 8.04. The van der Waals surface area contributed by atoms with Crippen LogP contribution in [0.3, 0.4) is 0 Å². The molecule has 2 aromatic rings. The van der Waals surface area contributed by atoms with Crippen molar-refractivity contribution in [1.82, 2.24) is 9.97 Å². The summed E-state index contributed by atoms with van der Waals surface area (Å²) < 4.78 is 11.3. The van der Waals surface area contributed by atoms with Crippen LogP contribution in [0.15, 0.2) is 41.7 Å². The fourth-order valence-electron chi connectivity index (χ4n) is 2.47. The number of hydrogen-bond acceptors (Lipinski definition) is 6. The van der Waals surface area contributed by atoms with Gasteiger partial charge < -0.3 is 9.47 Å².